The number of rotatable bonds is 1. The molecule has 3 heteroatoms. The van der Waals surface area contributed by atoms with Gasteiger partial charge in [-0.2, -0.15) is 0 Å². The Hall–Kier alpha value is -0.730. The number of alkyl carbamates (subject to hydrolysis) is 1. The summed E-state index contributed by atoms with van der Waals surface area (Å²) in [6.07, 6.45) is 6.43. The van der Waals surface area contributed by atoms with Crippen LogP contribution in [0.25, 0.3) is 0 Å². The van der Waals surface area contributed by atoms with Gasteiger partial charge in [0.25, 0.3) is 0 Å². The summed E-state index contributed by atoms with van der Waals surface area (Å²) in [7, 11) is 0. The van der Waals surface area contributed by atoms with Crippen molar-refractivity contribution in [1.29, 1.82) is 0 Å². The molecular weight excluding hydrogens is 178 g/mol. The van der Waals surface area contributed by atoms with Gasteiger partial charge in [-0.05, 0) is 40.0 Å². The fraction of sp³-hybridized carbons (Fsp3) is 0.818. The number of hydrogen-bond acceptors (Lipinski definition) is 2. The number of carbonyl (C=O) groups is 1. The van der Waals surface area contributed by atoms with Gasteiger partial charge in [-0.25, -0.2) is 4.79 Å². The summed E-state index contributed by atoms with van der Waals surface area (Å²) in [5.41, 5.74) is -0.404. The van der Waals surface area contributed by atoms with Crippen LogP contribution in [0.2, 0.25) is 0 Å². The monoisotopic (exact) mass is 198 g/mol. The molecule has 0 aromatic carbocycles. The number of ether oxygens (including phenoxy) is 1. The lowest BCUT2D eigenvalue weighted by molar-refractivity contribution is 0.0505. The van der Waals surface area contributed by atoms with Crippen molar-refractivity contribution < 1.29 is 9.53 Å². The summed E-state index contributed by atoms with van der Waals surface area (Å²) in [6.45, 7) is 5.62. The molecule has 1 saturated carbocycles. The first kappa shape index (κ1) is 11.3. The van der Waals surface area contributed by atoms with E-state index < -0.39 is 5.60 Å². The predicted octanol–water partition coefficient (Wildman–Crippen LogP) is 2.66. The van der Waals surface area contributed by atoms with Crippen LogP contribution in [0.3, 0.4) is 0 Å². The van der Waals surface area contributed by atoms with Crippen molar-refractivity contribution in [2.45, 2.75) is 58.1 Å². The molecule has 1 fully saturated rings. The van der Waals surface area contributed by atoms with Crippen LogP contribution in [0, 0.1) is 6.42 Å². The van der Waals surface area contributed by atoms with Gasteiger partial charge < -0.3 is 10.1 Å². The van der Waals surface area contributed by atoms with Crippen LogP contribution in [0.1, 0.15) is 46.5 Å². The van der Waals surface area contributed by atoms with E-state index in [-0.39, 0.29) is 12.1 Å². The largest absolute Gasteiger partial charge is 0.444 e. The second-order valence-electron chi connectivity index (χ2n) is 4.77. The van der Waals surface area contributed by atoms with Crippen LogP contribution in [-0.2, 0) is 4.74 Å². The molecule has 14 heavy (non-hydrogen) atoms. The van der Waals surface area contributed by atoms with Gasteiger partial charge in [0, 0.05) is 6.04 Å². The summed E-state index contributed by atoms with van der Waals surface area (Å²) in [5, 5.41) is 2.86. The molecule has 0 heterocycles. The van der Waals surface area contributed by atoms with Crippen LogP contribution in [-0.4, -0.2) is 17.7 Å². The normalized spacial score (nSPS) is 19.1. The zero-order valence-electron chi connectivity index (χ0n) is 9.30. The zero-order valence-corrected chi connectivity index (χ0v) is 9.30. The van der Waals surface area contributed by atoms with E-state index in [1.54, 1.807) is 0 Å². The molecule has 3 nitrogen and oxygen atoms in total. The van der Waals surface area contributed by atoms with Gasteiger partial charge in [-0.3, -0.25) is 0 Å². The molecule has 1 N–H and O–H groups in total. The fourth-order valence-electron chi connectivity index (χ4n) is 1.54. The molecule has 1 aliphatic rings. The molecule has 0 aliphatic heterocycles. The highest BCUT2D eigenvalue weighted by Crippen LogP contribution is 2.17. The minimum Gasteiger partial charge on any atom is -0.444 e. The third-order valence-electron chi connectivity index (χ3n) is 2.12. The maximum absolute atomic E-state index is 11.4. The Morgan fingerprint density at radius 1 is 1.43 bits per heavy atom. The van der Waals surface area contributed by atoms with Crippen molar-refractivity contribution in [1.82, 2.24) is 5.32 Å². The molecule has 1 atom stereocenters. The Labute approximate surface area is 86.2 Å². The van der Waals surface area contributed by atoms with Crippen LogP contribution in [0.5, 0.6) is 0 Å². The Bertz CT molecular complexity index is 190. The van der Waals surface area contributed by atoms with E-state index in [4.69, 9.17) is 4.74 Å². The van der Waals surface area contributed by atoms with Crippen molar-refractivity contribution in [2.24, 2.45) is 0 Å². The summed E-state index contributed by atoms with van der Waals surface area (Å²) in [6, 6.07) is 0.207. The molecular formula is C11H20NO2. The molecule has 0 saturated heterocycles. The van der Waals surface area contributed by atoms with Gasteiger partial charge in [0.15, 0.2) is 0 Å². The predicted molar refractivity (Wildman–Crippen MR) is 55.9 cm³/mol. The molecule has 0 aromatic heterocycles. The highest BCUT2D eigenvalue weighted by atomic mass is 16.6. The molecule has 0 aromatic rings. The maximum atomic E-state index is 11.4. The van der Waals surface area contributed by atoms with E-state index in [9.17, 15) is 4.79 Å². The maximum Gasteiger partial charge on any atom is 0.407 e. The quantitative estimate of drug-likeness (QED) is 0.703. The summed E-state index contributed by atoms with van der Waals surface area (Å²) < 4.78 is 5.17. The van der Waals surface area contributed by atoms with E-state index in [0.717, 1.165) is 12.8 Å². The zero-order chi connectivity index (χ0) is 10.6. The lowest BCUT2D eigenvalue weighted by Gasteiger charge is -2.25. The molecule has 0 spiro atoms. The van der Waals surface area contributed by atoms with Crippen molar-refractivity contribution >= 4 is 6.09 Å². The topological polar surface area (TPSA) is 38.3 Å². The first-order valence-electron chi connectivity index (χ1n) is 5.30. The van der Waals surface area contributed by atoms with Gasteiger partial charge in [0.05, 0.1) is 0 Å². The Morgan fingerprint density at radius 3 is 2.64 bits per heavy atom. The molecule has 1 radical (unpaired) electrons. The van der Waals surface area contributed by atoms with Crippen LogP contribution < -0.4 is 5.32 Å². The first-order valence-corrected chi connectivity index (χ1v) is 5.30. The minimum atomic E-state index is -0.404. The summed E-state index contributed by atoms with van der Waals surface area (Å²) in [5.74, 6) is 0. The molecule has 81 valence electrons. The first-order chi connectivity index (χ1) is 6.47. The highest BCUT2D eigenvalue weighted by Gasteiger charge is 2.20. The Balaban J connectivity index is 2.25. The smallest absolute Gasteiger partial charge is 0.407 e. The van der Waals surface area contributed by atoms with E-state index in [0.29, 0.717) is 0 Å². The number of carbonyl (C=O) groups excluding carboxylic acids is 1. The minimum absolute atomic E-state index is 0.207. The Kier molecular flexibility index (Phi) is 3.78. The number of hydrogen-bond donors (Lipinski definition) is 1. The number of amides is 1. The van der Waals surface area contributed by atoms with Gasteiger partial charge >= 0.3 is 6.09 Å². The standard InChI is InChI=1S/C11H20NO2/c1-11(2,3)14-10(13)12-9-7-5-4-6-8-9/h7,9H,4-6,8H2,1-3H3,(H,12,13). The average Bonchev–Trinajstić information content (AvgIpc) is 2.02. The van der Waals surface area contributed by atoms with E-state index in [1.807, 2.05) is 20.8 Å². The van der Waals surface area contributed by atoms with Crippen LogP contribution in [0.15, 0.2) is 0 Å². The second-order valence-corrected chi connectivity index (χ2v) is 4.77. The molecule has 1 rings (SSSR count). The van der Waals surface area contributed by atoms with Crippen molar-refractivity contribution in [3.8, 4) is 0 Å². The second kappa shape index (κ2) is 4.67. The highest BCUT2D eigenvalue weighted by molar-refractivity contribution is 5.68. The van der Waals surface area contributed by atoms with E-state index in [1.165, 1.54) is 12.8 Å². The third-order valence-corrected chi connectivity index (χ3v) is 2.12. The van der Waals surface area contributed by atoms with Gasteiger partial charge in [-0.15, -0.1) is 0 Å². The molecule has 1 unspecified atom stereocenters. The Morgan fingerprint density at radius 2 is 2.14 bits per heavy atom. The van der Waals surface area contributed by atoms with Gasteiger partial charge in [0.2, 0.25) is 0 Å². The number of nitrogens with one attached hydrogen (secondary N) is 1. The average molecular weight is 198 g/mol. The van der Waals surface area contributed by atoms with Crippen molar-refractivity contribution in [2.75, 3.05) is 0 Å². The molecule has 0 bridgehead atoms. The van der Waals surface area contributed by atoms with E-state index >= 15 is 0 Å². The summed E-state index contributed by atoms with van der Waals surface area (Å²) in [4.78, 5) is 11.4. The molecule has 1 aliphatic carbocycles. The third kappa shape index (κ3) is 4.49. The van der Waals surface area contributed by atoms with Gasteiger partial charge in [-0.1, -0.05) is 12.8 Å². The van der Waals surface area contributed by atoms with E-state index in [2.05, 4.69) is 11.7 Å². The lowest BCUT2D eigenvalue weighted by atomic mass is 9.96. The van der Waals surface area contributed by atoms with Crippen LogP contribution in [0.4, 0.5) is 4.79 Å². The van der Waals surface area contributed by atoms with Gasteiger partial charge in [0.1, 0.15) is 5.60 Å². The SMILES string of the molecule is CC(C)(C)OC(=O)NC1[CH]CCCC1. The van der Waals surface area contributed by atoms with Crippen molar-refractivity contribution in [3.05, 3.63) is 6.42 Å². The van der Waals surface area contributed by atoms with Crippen molar-refractivity contribution in [3.63, 3.8) is 0 Å². The van der Waals surface area contributed by atoms with Crippen LogP contribution >= 0.6 is 0 Å². The fourth-order valence-corrected chi connectivity index (χ4v) is 1.54. The molecule has 1 amide bonds. The lowest BCUT2D eigenvalue weighted by Crippen LogP contribution is -2.40. The summed E-state index contributed by atoms with van der Waals surface area (Å²) >= 11 is 0.